The lowest BCUT2D eigenvalue weighted by Crippen LogP contribution is -2.52. The Labute approximate surface area is 155 Å². The smallest absolute Gasteiger partial charge is 0.243 e. The highest BCUT2D eigenvalue weighted by Crippen LogP contribution is 2.18. The molecule has 1 saturated heterocycles. The Kier molecular flexibility index (Phi) is 5.31. The number of hydrogen-bond donors (Lipinski definition) is 3. The molecule has 4 N–H and O–H groups in total. The molecule has 0 unspecified atom stereocenters. The number of benzene rings is 1. The van der Waals surface area contributed by atoms with Gasteiger partial charge in [-0.3, -0.25) is 19.4 Å². The zero-order valence-electron chi connectivity index (χ0n) is 14.8. The molecule has 142 valence electrons. The van der Waals surface area contributed by atoms with Crippen LogP contribution >= 0.6 is 0 Å². The van der Waals surface area contributed by atoms with Crippen molar-refractivity contribution in [1.29, 1.82) is 0 Å². The number of amides is 3. The van der Waals surface area contributed by atoms with Gasteiger partial charge in [0.25, 0.3) is 0 Å². The highest BCUT2D eigenvalue weighted by atomic mass is 16.3. The first kappa shape index (κ1) is 18.7. The molecule has 0 saturated carbocycles. The summed E-state index contributed by atoms with van der Waals surface area (Å²) < 4.78 is 0. The summed E-state index contributed by atoms with van der Waals surface area (Å²) in [4.78, 5) is 46.1. The number of fused-ring (bicyclic) bond motifs is 1. The van der Waals surface area contributed by atoms with Gasteiger partial charge in [0.2, 0.25) is 17.7 Å². The van der Waals surface area contributed by atoms with E-state index in [1.54, 1.807) is 6.07 Å². The Morgan fingerprint density at radius 3 is 2.70 bits per heavy atom. The number of hydrogen-bond acceptors (Lipinski definition) is 6. The van der Waals surface area contributed by atoms with Crippen LogP contribution in [0.4, 0.5) is 0 Å². The van der Waals surface area contributed by atoms with Crippen molar-refractivity contribution < 1.29 is 19.5 Å². The van der Waals surface area contributed by atoms with Gasteiger partial charge in [-0.25, -0.2) is 4.98 Å². The largest absolute Gasteiger partial charge is 0.391 e. The van der Waals surface area contributed by atoms with Crippen LogP contribution in [0.5, 0.6) is 0 Å². The number of likely N-dealkylation sites (tertiary alicyclic amines) is 1. The minimum absolute atomic E-state index is 0.0776. The van der Waals surface area contributed by atoms with Gasteiger partial charge >= 0.3 is 0 Å². The molecule has 1 aliphatic rings. The van der Waals surface area contributed by atoms with Crippen LogP contribution in [0.1, 0.15) is 19.0 Å². The minimum atomic E-state index is -1.00. The third kappa shape index (κ3) is 4.20. The molecule has 2 heterocycles. The van der Waals surface area contributed by atoms with Gasteiger partial charge in [-0.1, -0.05) is 12.1 Å². The van der Waals surface area contributed by atoms with Crippen LogP contribution in [0.15, 0.2) is 30.5 Å². The van der Waals surface area contributed by atoms with Crippen molar-refractivity contribution in [1.82, 2.24) is 20.2 Å². The summed E-state index contributed by atoms with van der Waals surface area (Å²) in [6, 6.07) is 5.47. The molecule has 1 fully saturated rings. The number of aliphatic hydroxyl groups excluding tert-OH is 1. The number of aromatic nitrogens is 2. The third-order valence-corrected chi connectivity index (χ3v) is 4.56. The van der Waals surface area contributed by atoms with E-state index in [0.717, 1.165) is 5.52 Å². The molecular formula is C18H21N5O4. The van der Waals surface area contributed by atoms with Crippen molar-refractivity contribution in [3.8, 4) is 0 Å². The molecule has 27 heavy (non-hydrogen) atoms. The molecule has 2 aromatic rings. The molecule has 9 nitrogen and oxygen atoms in total. The first-order valence-corrected chi connectivity index (χ1v) is 8.60. The summed E-state index contributed by atoms with van der Waals surface area (Å²) in [5.41, 5.74) is 7.33. The van der Waals surface area contributed by atoms with Crippen molar-refractivity contribution in [3.63, 3.8) is 0 Å². The molecule has 0 aliphatic carbocycles. The number of nitrogens with two attached hydrogens (primary N) is 1. The van der Waals surface area contributed by atoms with Crippen LogP contribution in [0.25, 0.3) is 11.0 Å². The molecule has 1 aromatic carbocycles. The van der Waals surface area contributed by atoms with Gasteiger partial charge in [0.05, 0.1) is 22.8 Å². The SMILES string of the molecule is CC(=O)N1C[C@H](O)C[C@H]1C(=O)N[C@H](Cc1cnc2ccccc2n1)C(N)=O. The van der Waals surface area contributed by atoms with E-state index >= 15 is 0 Å². The highest BCUT2D eigenvalue weighted by Gasteiger charge is 2.38. The standard InChI is InChI=1S/C18H21N5O4/c1-10(24)23-9-12(25)7-16(23)18(27)22-15(17(19)26)6-11-8-20-13-4-2-3-5-14(13)21-11/h2-5,8,12,15-16,25H,6-7,9H2,1H3,(H2,19,26)(H,22,27)/t12-,15-,16+/m1/s1. The number of aliphatic hydroxyl groups is 1. The first-order chi connectivity index (χ1) is 12.8. The maximum Gasteiger partial charge on any atom is 0.243 e. The van der Waals surface area contributed by atoms with E-state index in [1.807, 2.05) is 18.2 Å². The second kappa shape index (κ2) is 7.67. The molecular weight excluding hydrogens is 350 g/mol. The molecule has 3 amide bonds. The lowest BCUT2D eigenvalue weighted by molar-refractivity contribution is -0.138. The van der Waals surface area contributed by atoms with Crippen molar-refractivity contribution >= 4 is 28.8 Å². The summed E-state index contributed by atoms with van der Waals surface area (Å²) in [5, 5.41) is 12.3. The van der Waals surface area contributed by atoms with Gasteiger partial charge < -0.3 is 21.1 Å². The minimum Gasteiger partial charge on any atom is -0.391 e. The molecule has 0 bridgehead atoms. The summed E-state index contributed by atoms with van der Waals surface area (Å²) in [6.07, 6.45) is 0.954. The van der Waals surface area contributed by atoms with Crippen LogP contribution in [0.3, 0.4) is 0 Å². The van der Waals surface area contributed by atoms with Crippen molar-refractivity contribution in [3.05, 3.63) is 36.2 Å². The van der Waals surface area contributed by atoms with Crippen LogP contribution in [-0.2, 0) is 20.8 Å². The average Bonchev–Trinajstić information content (AvgIpc) is 3.03. The lowest BCUT2D eigenvalue weighted by atomic mass is 10.1. The zero-order valence-corrected chi connectivity index (χ0v) is 14.8. The number of nitrogens with zero attached hydrogens (tertiary/aromatic N) is 3. The quantitative estimate of drug-likeness (QED) is 0.624. The Morgan fingerprint density at radius 2 is 2.04 bits per heavy atom. The fraction of sp³-hybridized carbons (Fsp3) is 0.389. The second-order valence-corrected chi connectivity index (χ2v) is 6.59. The lowest BCUT2D eigenvalue weighted by Gasteiger charge is -2.24. The molecule has 3 rings (SSSR count). The van der Waals surface area contributed by atoms with Crippen LogP contribution < -0.4 is 11.1 Å². The Morgan fingerprint density at radius 1 is 1.33 bits per heavy atom. The normalized spacial score (nSPS) is 20.4. The predicted molar refractivity (Wildman–Crippen MR) is 96.2 cm³/mol. The van der Waals surface area contributed by atoms with Gasteiger partial charge in [-0.15, -0.1) is 0 Å². The molecule has 9 heteroatoms. The fourth-order valence-electron chi connectivity index (χ4n) is 3.20. The van der Waals surface area contributed by atoms with Gasteiger partial charge in [-0.2, -0.15) is 0 Å². The monoisotopic (exact) mass is 371 g/mol. The number of carbonyl (C=O) groups is 3. The van der Waals surface area contributed by atoms with Crippen LogP contribution in [0, 0.1) is 0 Å². The molecule has 1 aliphatic heterocycles. The summed E-state index contributed by atoms with van der Waals surface area (Å²) >= 11 is 0. The van der Waals surface area contributed by atoms with E-state index in [1.165, 1.54) is 18.0 Å². The van der Waals surface area contributed by atoms with Gasteiger partial charge in [0.1, 0.15) is 12.1 Å². The fourth-order valence-corrected chi connectivity index (χ4v) is 3.20. The van der Waals surface area contributed by atoms with Gasteiger partial charge in [-0.05, 0) is 12.1 Å². The molecule has 0 spiro atoms. The second-order valence-electron chi connectivity index (χ2n) is 6.59. The van der Waals surface area contributed by atoms with E-state index in [-0.39, 0.29) is 25.3 Å². The topological polar surface area (TPSA) is 139 Å². The predicted octanol–water partition coefficient (Wildman–Crippen LogP) is -0.876. The third-order valence-electron chi connectivity index (χ3n) is 4.56. The summed E-state index contributed by atoms with van der Waals surface area (Å²) in [7, 11) is 0. The van der Waals surface area contributed by atoms with E-state index in [0.29, 0.717) is 11.2 Å². The number of carbonyl (C=O) groups excluding carboxylic acids is 3. The van der Waals surface area contributed by atoms with Gasteiger partial charge in [0, 0.05) is 32.5 Å². The average molecular weight is 371 g/mol. The maximum atomic E-state index is 12.6. The molecule has 0 radical (unpaired) electrons. The number of primary amides is 1. The van der Waals surface area contributed by atoms with Crippen molar-refractivity contribution in [2.75, 3.05) is 6.54 Å². The number of para-hydroxylation sites is 2. The Hall–Kier alpha value is -3.07. The number of nitrogens with one attached hydrogen (secondary N) is 1. The summed E-state index contributed by atoms with van der Waals surface area (Å²) in [5.74, 6) is -1.56. The maximum absolute atomic E-state index is 12.6. The number of rotatable bonds is 5. The highest BCUT2D eigenvalue weighted by molar-refractivity contribution is 5.91. The summed E-state index contributed by atoms with van der Waals surface area (Å²) in [6.45, 7) is 1.42. The Bertz CT molecular complexity index is 887. The molecule has 1 aromatic heterocycles. The van der Waals surface area contributed by atoms with E-state index in [4.69, 9.17) is 5.73 Å². The van der Waals surface area contributed by atoms with Crippen molar-refractivity contribution in [2.45, 2.75) is 38.0 Å². The first-order valence-electron chi connectivity index (χ1n) is 8.60. The van der Waals surface area contributed by atoms with Crippen LogP contribution in [-0.4, -0.2) is 62.4 Å². The van der Waals surface area contributed by atoms with E-state index in [9.17, 15) is 19.5 Å². The van der Waals surface area contributed by atoms with E-state index < -0.39 is 30.0 Å². The zero-order chi connectivity index (χ0) is 19.6. The number of β-amino-alcohol motifs (C(OH)–C–C–N with tert-alkyl or cyclic N) is 1. The van der Waals surface area contributed by atoms with Crippen LogP contribution in [0.2, 0.25) is 0 Å². The molecule has 3 atom stereocenters. The van der Waals surface area contributed by atoms with E-state index in [2.05, 4.69) is 15.3 Å². The van der Waals surface area contributed by atoms with Crippen molar-refractivity contribution in [2.24, 2.45) is 5.73 Å². The van der Waals surface area contributed by atoms with Gasteiger partial charge in [0.15, 0.2) is 0 Å². The Balaban J connectivity index is 1.74.